The number of hydrogen-bond acceptors (Lipinski definition) is 4. The van der Waals surface area contributed by atoms with E-state index in [0.29, 0.717) is 40.0 Å². The predicted molar refractivity (Wildman–Crippen MR) is 107 cm³/mol. The van der Waals surface area contributed by atoms with E-state index in [1.807, 2.05) is 30.3 Å². The van der Waals surface area contributed by atoms with Crippen molar-refractivity contribution in [1.29, 1.82) is 0 Å². The maximum atomic E-state index is 12.3. The molecule has 3 rings (SSSR count). The number of amides is 2. The second-order valence-corrected chi connectivity index (χ2v) is 6.86. The minimum absolute atomic E-state index is 0.164. The van der Waals surface area contributed by atoms with Crippen LogP contribution in [0.1, 0.15) is 31.0 Å². The molecule has 28 heavy (non-hydrogen) atoms. The first-order valence-corrected chi connectivity index (χ1v) is 9.12. The lowest BCUT2D eigenvalue weighted by molar-refractivity contribution is -0.114. The second-order valence-electron chi connectivity index (χ2n) is 6.43. The number of ether oxygens (including phenoxy) is 2. The highest BCUT2D eigenvalue weighted by molar-refractivity contribution is 6.30. The molecule has 1 unspecified atom stereocenters. The monoisotopic (exact) mass is 400 g/mol. The number of carbonyl (C=O) groups excluding carboxylic acids is 2. The lowest BCUT2D eigenvalue weighted by atomic mass is 9.92. The van der Waals surface area contributed by atoms with Crippen LogP contribution in [0.4, 0.5) is 4.79 Å². The van der Waals surface area contributed by atoms with Gasteiger partial charge in [0.05, 0.1) is 13.2 Å². The quantitative estimate of drug-likeness (QED) is 0.763. The van der Waals surface area contributed by atoms with E-state index in [2.05, 4.69) is 10.6 Å². The third-order valence-electron chi connectivity index (χ3n) is 4.45. The molecular weight excluding hydrogens is 380 g/mol. The molecule has 1 aliphatic heterocycles. The minimum Gasteiger partial charge on any atom is -0.493 e. The van der Waals surface area contributed by atoms with Crippen LogP contribution >= 0.6 is 11.6 Å². The van der Waals surface area contributed by atoms with Gasteiger partial charge in [0.25, 0.3) is 0 Å². The average molecular weight is 401 g/mol. The topological polar surface area (TPSA) is 76.7 Å². The van der Waals surface area contributed by atoms with Crippen molar-refractivity contribution in [1.82, 2.24) is 10.6 Å². The predicted octanol–water partition coefficient (Wildman–Crippen LogP) is 4.14. The highest BCUT2D eigenvalue weighted by Crippen LogP contribution is 2.41. The summed E-state index contributed by atoms with van der Waals surface area (Å²) in [6.07, 6.45) is 0. The summed E-state index contributed by atoms with van der Waals surface area (Å²) < 4.78 is 11.5. The van der Waals surface area contributed by atoms with Crippen molar-refractivity contribution in [3.05, 3.63) is 69.9 Å². The molecule has 0 saturated heterocycles. The molecule has 6 nitrogen and oxygen atoms in total. The van der Waals surface area contributed by atoms with Gasteiger partial charge in [-0.2, -0.15) is 0 Å². The van der Waals surface area contributed by atoms with Gasteiger partial charge in [-0.15, -0.1) is 0 Å². The molecule has 0 spiro atoms. The van der Waals surface area contributed by atoms with Crippen LogP contribution in [0.2, 0.25) is 5.02 Å². The van der Waals surface area contributed by atoms with Crippen molar-refractivity contribution in [3.8, 4) is 11.5 Å². The van der Waals surface area contributed by atoms with Gasteiger partial charge in [0.15, 0.2) is 17.3 Å². The summed E-state index contributed by atoms with van der Waals surface area (Å²) in [6, 6.07) is 11.9. The van der Waals surface area contributed by atoms with Gasteiger partial charge in [0.2, 0.25) is 0 Å². The largest absolute Gasteiger partial charge is 0.493 e. The number of methoxy groups -OCH3 is 1. The molecule has 2 N–H and O–H groups in total. The number of Topliss-reactive ketones (excluding diaryl/α,β-unsaturated/α-hetero) is 1. The van der Waals surface area contributed by atoms with Crippen LogP contribution in [0.25, 0.3) is 0 Å². The molecular formula is C21H21ClN2O4. The average Bonchev–Trinajstić information content (AvgIpc) is 2.66. The number of carbonyl (C=O) groups is 2. The van der Waals surface area contributed by atoms with E-state index in [4.69, 9.17) is 21.1 Å². The number of halogens is 1. The molecule has 146 valence electrons. The molecule has 1 aliphatic rings. The van der Waals surface area contributed by atoms with Crippen LogP contribution in [0.15, 0.2) is 53.7 Å². The molecule has 7 heteroatoms. The number of ketones is 1. The SMILES string of the molecule is COc1cc(Cl)cc(C2NC(=O)NC(C)=C2C(C)=O)c1OCc1ccccc1. The van der Waals surface area contributed by atoms with Crippen molar-refractivity contribution >= 4 is 23.4 Å². The Hall–Kier alpha value is -2.99. The summed E-state index contributed by atoms with van der Waals surface area (Å²) in [4.78, 5) is 24.4. The highest BCUT2D eigenvalue weighted by Gasteiger charge is 2.32. The zero-order valence-electron chi connectivity index (χ0n) is 15.8. The number of allylic oxidation sites excluding steroid dienone is 1. The Kier molecular flexibility index (Phi) is 5.90. The fourth-order valence-electron chi connectivity index (χ4n) is 3.23. The maximum Gasteiger partial charge on any atom is 0.319 e. The number of urea groups is 1. The molecule has 2 aromatic carbocycles. The number of nitrogens with one attached hydrogen (secondary N) is 2. The summed E-state index contributed by atoms with van der Waals surface area (Å²) in [5, 5.41) is 5.83. The fourth-order valence-corrected chi connectivity index (χ4v) is 3.45. The van der Waals surface area contributed by atoms with Crippen LogP contribution in [0, 0.1) is 0 Å². The highest BCUT2D eigenvalue weighted by atomic mass is 35.5. The second kappa shape index (κ2) is 8.35. The first-order valence-electron chi connectivity index (χ1n) is 8.74. The van der Waals surface area contributed by atoms with E-state index in [0.717, 1.165) is 5.56 Å². The molecule has 0 bridgehead atoms. The minimum atomic E-state index is -0.704. The van der Waals surface area contributed by atoms with Crippen molar-refractivity contribution in [2.45, 2.75) is 26.5 Å². The molecule has 0 saturated carbocycles. The van der Waals surface area contributed by atoms with Crippen LogP contribution in [0.3, 0.4) is 0 Å². The van der Waals surface area contributed by atoms with E-state index in [1.165, 1.54) is 14.0 Å². The fraction of sp³-hybridized carbons (Fsp3) is 0.238. The first-order chi connectivity index (χ1) is 13.4. The molecule has 2 aromatic rings. The first kappa shape index (κ1) is 19.8. The summed E-state index contributed by atoms with van der Waals surface area (Å²) in [7, 11) is 1.51. The molecule has 0 radical (unpaired) electrons. The van der Waals surface area contributed by atoms with Crippen LogP contribution < -0.4 is 20.1 Å². The van der Waals surface area contributed by atoms with E-state index < -0.39 is 12.1 Å². The van der Waals surface area contributed by atoms with Crippen molar-refractivity contribution in [2.75, 3.05) is 7.11 Å². The molecule has 1 atom stereocenters. The molecule has 2 amide bonds. The van der Waals surface area contributed by atoms with Gasteiger partial charge in [-0.1, -0.05) is 41.9 Å². The Bertz CT molecular complexity index is 941. The van der Waals surface area contributed by atoms with Crippen LogP contribution in [-0.2, 0) is 11.4 Å². The van der Waals surface area contributed by atoms with Crippen LogP contribution in [0.5, 0.6) is 11.5 Å². The lowest BCUT2D eigenvalue weighted by Gasteiger charge is -2.30. The van der Waals surface area contributed by atoms with E-state index in [9.17, 15) is 9.59 Å². The number of hydrogen-bond donors (Lipinski definition) is 2. The lowest BCUT2D eigenvalue weighted by Crippen LogP contribution is -2.44. The maximum absolute atomic E-state index is 12.3. The van der Waals surface area contributed by atoms with Gasteiger partial charge < -0.3 is 20.1 Å². The van der Waals surface area contributed by atoms with Crippen LogP contribution in [-0.4, -0.2) is 18.9 Å². The van der Waals surface area contributed by atoms with E-state index in [1.54, 1.807) is 19.1 Å². The molecule has 0 aromatic heterocycles. The van der Waals surface area contributed by atoms with Gasteiger partial charge >= 0.3 is 6.03 Å². The smallest absolute Gasteiger partial charge is 0.319 e. The van der Waals surface area contributed by atoms with Crippen molar-refractivity contribution in [2.24, 2.45) is 0 Å². The third kappa shape index (κ3) is 4.12. The summed E-state index contributed by atoms with van der Waals surface area (Å²) in [5.41, 5.74) is 2.46. The Morgan fingerprint density at radius 3 is 2.57 bits per heavy atom. The van der Waals surface area contributed by atoms with E-state index in [-0.39, 0.29) is 5.78 Å². The van der Waals surface area contributed by atoms with Crippen molar-refractivity contribution < 1.29 is 19.1 Å². The summed E-state index contributed by atoms with van der Waals surface area (Å²) >= 11 is 6.27. The Morgan fingerprint density at radius 2 is 1.93 bits per heavy atom. The normalized spacial score (nSPS) is 16.3. The van der Waals surface area contributed by atoms with Gasteiger partial charge in [0, 0.05) is 27.9 Å². The Morgan fingerprint density at radius 1 is 1.21 bits per heavy atom. The third-order valence-corrected chi connectivity index (χ3v) is 4.67. The number of rotatable bonds is 6. The standard InChI is InChI=1S/C21H21ClN2O4/c1-12-18(13(2)25)19(24-21(26)23-12)16-9-15(22)10-17(27-3)20(16)28-11-14-7-5-4-6-8-14/h4-10,19H,11H2,1-3H3,(H2,23,24,26). The van der Waals surface area contributed by atoms with Crippen molar-refractivity contribution in [3.63, 3.8) is 0 Å². The number of benzene rings is 2. The molecule has 1 heterocycles. The molecule has 0 fully saturated rings. The van der Waals surface area contributed by atoms with Gasteiger partial charge in [-0.3, -0.25) is 4.79 Å². The Labute approximate surface area is 168 Å². The summed E-state index contributed by atoms with van der Waals surface area (Å²) in [5.74, 6) is 0.684. The zero-order valence-corrected chi connectivity index (χ0v) is 16.6. The van der Waals surface area contributed by atoms with Gasteiger partial charge in [-0.25, -0.2) is 4.79 Å². The zero-order chi connectivity index (χ0) is 20.3. The van der Waals surface area contributed by atoms with E-state index >= 15 is 0 Å². The molecule has 0 aliphatic carbocycles. The van der Waals surface area contributed by atoms with Gasteiger partial charge in [0.1, 0.15) is 6.61 Å². The Balaban J connectivity index is 2.08. The summed E-state index contributed by atoms with van der Waals surface area (Å²) in [6.45, 7) is 3.44. The van der Waals surface area contributed by atoms with Gasteiger partial charge in [-0.05, 0) is 25.5 Å².